The van der Waals surface area contributed by atoms with E-state index in [1.54, 1.807) is 6.07 Å². The SMILES string of the molecule is CC[C@H](/C=C1\OC(=O)C2=C(c3cc(O)ccc3-c3cccc(CNC)c3)[C@@H]3CC[C@@]21[C@H]1C2=C(CC[C@@H]31)C(=CC[C@H](CO)CCCCO)OC2=O)Cc1ccccc1. The summed E-state index contributed by atoms with van der Waals surface area (Å²) >= 11 is 0. The first-order valence-corrected chi connectivity index (χ1v) is 21.0. The average Bonchev–Trinajstić information content (AvgIpc) is 3.71. The lowest BCUT2D eigenvalue weighted by molar-refractivity contribution is -0.135. The quantitative estimate of drug-likeness (QED) is 0.0896. The topological polar surface area (TPSA) is 125 Å². The van der Waals surface area contributed by atoms with Gasteiger partial charge >= 0.3 is 11.9 Å². The normalized spacial score (nSPS) is 26.1. The summed E-state index contributed by atoms with van der Waals surface area (Å²) in [6.07, 6.45) is 11.6. The Hall–Kier alpha value is -4.76. The van der Waals surface area contributed by atoms with Crippen molar-refractivity contribution < 1.29 is 34.4 Å². The molecule has 2 fully saturated rings. The molecule has 8 heteroatoms. The van der Waals surface area contributed by atoms with Gasteiger partial charge in [0.2, 0.25) is 0 Å². The average molecular weight is 770 g/mol. The van der Waals surface area contributed by atoms with Crippen LogP contribution in [0.1, 0.15) is 81.4 Å². The number of benzene rings is 3. The van der Waals surface area contributed by atoms with Gasteiger partial charge in [-0.2, -0.15) is 0 Å². The van der Waals surface area contributed by atoms with Crippen LogP contribution >= 0.6 is 0 Å². The number of rotatable bonds is 15. The van der Waals surface area contributed by atoms with E-state index in [0.717, 1.165) is 71.9 Å². The molecule has 1 saturated carbocycles. The molecule has 3 aromatic carbocycles. The fourth-order valence-corrected chi connectivity index (χ4v) is 10.8. The van der Waals surface area contributed by atoms with Gasteiger partial charge in [0.15, 0.2) is 0 Å². The van der Waals surface area contributed by atoms with E-state index in [1.165, 1.54) is 5.56 Å². The second-order valence-electron chi connectivity index (χ2n) is 16.7. The Morgan fingerprint density at radius 1 is 0.912 bits per heavy atom. The van der Waals surface area contributed by atoms with Crippen LogP contribution in [0.25, 0.3) is 16.7 Å². The molecule has 6 atom stereocenters. The molecule has 298 valence electrons. The first-order chi connectivity index (χ1) is 27.8. The molecule has 2 bridgehead atoms. The maximum absolute atomic E-state index is 14.7. The van der Waals surface area contributed by atoms with E-state index in [9.17, 15) is 24.9 Å². The van der Waals surface area contributed by atoms with E-state index in [0.29, 0.717) is 54.9 Å². The third-order valence-electron chi connectivity index (χ3n) is 13.4. The molecule has 0 aromatic heterocycles. The lowest BCUT2D eigenvalue weighted by atomic mass is 9.44. The molecule has 0 radical (unpaired) electrons. The molecular formula is C49H55NO7. The molecule has 4 N–H and O–H groups in total. The highest BCUT2D eigenvalue weighted by atomic mass is 16.5. The van der Waals surface area contributed by atoms with Crippen molar-refractivity contribution >= 4 is 17.5 Å². The summed E-state index contributed by atoms with van der Waals surface area (Å²) in [7, 11) is 1.93. The molecular weight excluding hydrogens is 715 g/mol. The largest absolute Gasteiger partial charge is 0.508 e. The number of hydrogen-bond donors (Lipinski definition) is 4. The van der Waals surface area contributed by atoms with Crippen molar-refractivity contribution in [2.45, 2.75) is 77.7 Å². The van der Waals surface area contributed by atoms with Crippen LogP contribution in [-0.4, -0.2) is 47.5 Å². The number of ether oxygens (including phenoxy) is 2. The Labute approximate surface area is 336 Å². The van der Waals surface area contributed by atoms with Crippen LogP contribution < -0.4 is 5.32 Å². The van der Waals surface area contributed by atoms with Crippen LogP contribution in [0.2, 0.25) is 0 Å². The lowest BCUT2D eigenvalue weighted by Gasteiger charge is -2.56. The van der Waals surface area contributed by atoms with E-state index in [2.05, 4.69) is 60.8 Å². The number of cyclic esters (lactones) is 2. The lowest BCUT2D eigenvalue weighted by Crippen LogP contribution is -2.52. The Morgan fingerprint density at radius 2 is 1.74 bits per heavy atom. The minimum absolute atomic E-state index is 0.00603. The number of nitrogens with one attached hydrogen (secondary N) is 1. The predicted molar refractivity (Wildman–Crippen MR) is 220 cm³/mol. The monoisotopic (exact) mass is 769 g/mol. The predicted octanol–water partition coefficient (Wildman–Crippen LogP) is 8.58. The summed E-state index contributed by atoms with van der Waals surface area (Å²) in [6.45, 7) is 3.02. The molecule has 1 spiro atoms. The zero-order chi connectivity index (χ0) is 39.7. The molecule has 9 rings (SSSR count). The van der Waals surface area contributed by atoms with Gasteiger partial charge in [-0.1, -0.05) is 67.9 Å². The summed E-state index contributed by atoms with van der Waals surface area (Å²) in [6, 6.07) is 24.3. The molecule has 3 aromatic rings. The molecule has 57 heavy (non-hydrogen) atoms. The number of carbonyl (C=O) groups is 2. The van der Waals surface area contributed by atoms with Gasteiger partial charge in [0.25, 0.3) is 0 Å². The van der Waals surface area contributed by atoms with Crippen LogP contribution in [0.3, 0.4) is 0 Å². The summed E-state index contributed by atoms with van der Waals surface area (Å²) in [5.41, 5.74) is 7.44. The van der Waals surface area contributed by atoms with Crippen molar-refractivity contribution in [2.75, 3.05) is 20.3 Å². The second-order valence-corrected chi connectivity index (χ2v) is 16.7. The van der Waals surface area contributed by atoms with Crippen molar-refractivity contribution in [1.82, 2.24) is 5.32 Å². The Kier molecular flexibility index (Phi) is 11.4. The highest BCUT2D eigenvalue weighted by Gasteiger charge is 2.68. The minimum Gasteiger partial charge on any atom is -0.508 e. The zero-order valence-corrected chi connectivity index (χ0v) is 33.1. The number of aromatic hydroxyl groups is 1. The molecule has 2 aliphatic heterocycles. The van der Waals surface area contributed by atoms with Crippen LogP contribution in [0.5, 0.6) is 5.75 Å². The fourth-order valence-electron chi connectivity index (χ4n) is 10.8. The second kappa shape index (κ2) is 16.6. The number of phenols is 1. The van der Waals surface area contributed by atoms with Crippen molar-refractivity contribution in [1.29, 1.82) is 0 Å². The first kappa shape index (κ1) is 39.1. The van der Waals surface area contributed by atoms with Crippen molar-refractivity contribution in [3.8, 4) is 16.9 Å². The van der Waals surface area contributed by atoms with E-state index in [4.69, 9.17) is 9.47 Å². The molecule has 8 nitrogen and oxygen atoms in total. The number of aliphatic hydroxyl groups excluding tert-OH is 2. The molecule has 1 saturated heterocycles. The number of fused-ring (bicyclic) bond motifs is 1. The highest BCUT2D eigenvalue weighted by molar-refractivity contribution is 6.07. The number of carbonyl (C=O) groups excluding carboxylic acids is 2. The summed E-state index contributed by atoms with van der Waals surface area (Å²) < 4.78 is 12.7. The van der Waals surface area contributed by atoms with Crippen LogP contribution in [0.15, 0.2) is 113 Å². The van der Waals surface area contributed by atoms with E-state index >= 15 is 0 Å². The minimum atomic E-state index is -0.875. The van der Waals surface area contributed by atoms with Gasteiger partial charge in [0, 0.05) is 36.8 Å². The van der Waals surface area contributed by atoms with Crippen molar-refractivity contribution in [3.05, 3.63) is 130 Å². The Balaban J connectivity index is 1.30. The van der Waals surface area contributed by atoms with Gasteiger partial charge in [-0.15, -0.1) is 0 Å². The maximum atomic E-state index is 14.7. The molecule has 0 unspecified atom stereocenters. The van der Waals surface area contributed by atoms with E-state index < -0.39 is 5.41 Å². The van der Waals surface area contributed by atoms with Gasteiger partial charge in [-0.05, 0) is 152 Å². The van der Waals surface area contributed by atoms with Crippen LogP contribution in [0, 0.1) is 35.0 Å². The Morgan fingerprint density at radius 3 is 2.51 bits per heavy atom. The maximum Gasteiger partial charge on any atom is 0.340 e. The Bertz CT molecular complexity index is 2150. The number of unbranched alkanes of at least 4 members (excludes halogenated alkanes) is 1. The zero-order valence-electron chi connectivity index (χ0n) is 33.1. The number of phenolic OH excluding ortho intramolecular Hbond substituents is 1. The fraction of sp³-hybridized carbons (Fsp3) is 0.429. The number of allylic oxidation sites excluding steroid dienone is 5. The molecule has 6 aliphatic rings. The summed E-state index contributed by atoms with van der Waals surface area (Å²) in [4.78, 5) is 29.0. The molecule has 4 aliphatic carbocycles. The van der Waals surface area contributed by atoms with Gasteiger partial charge in [-0.25, -0.2) is 9.59 Å². The van der Waals surface area contributed by atoms with Gasteiger partial charge in [-0.3, -0.25) is 0 Å². The van der Waals surface area contributed by atoms with Crippen molar-refractivity contribution in [3.63, 3.8) is 0 Å². The van der Waals surface area contributed by atoms with E-state index in [-0.39, 0.29) is 60.5 Å². The van der Waals surface area contributed by atoms with Gasteiger partial charge in [0.1, 0.15) is 17.3 Å². The standard InChI is InChI=1S/C49H55NO7/c1-3-30(24-31-10-5-4-6-11-31)26-42-49-22-21-37(38-18-19-39-41(56-47(54)44(39)45(38)49)20-15-32(29-52)12-7-8-23-51)43(46(49)48(55)57-42)40-27-35(53)16-17-36(40)34-14-9-13-33(25-34)28-50-2/h4-6,9-11,13-14,16-17,20,25-27,30,32,37-38,45,50-53H,3,7-8,12,15,18-19,21-24,28-29H2,1-2H3/b41-20?,42-26-/t30-,32+,37+,38-,45+,49+/m0/s1. The number of hydrogen-bond acceptors (Lipinski definition) is 8. The first-order valence-electron chi connectivity index (χ1n) is 21.0. The third-order valence-corrected chi connectivity index (χ3v) is 13.4. The highest BCUT2D eigenvalue weighted by Crippen LogP contribution is 2.72. The van der Waals surface area contributed by atoms with E-state index in [1.807, 2.05) is 37.4 Å². The molecule has 0 amide bonds. The van der Waals surface area contributed by atoms with Crippen LogP contribution in [0.4, 0.5) is 0 Å². The van der Waals surface area contributed by atoms with Crippen molar-refractivity contribution in [2.24, 2.45) is 35.0 Å². The molecule has 2 heterocycles. The van der Waals surface area contributed by atoms with Crippen LogP contribution in [-0.2, 0) is 32.0 Å². The smallest absolute Gasteiger partial charge is 0.340 e. The van der Waals surface area contributed by atoms with Gasteiger partial charge < -0.3 is 30.1 Å². The third kappa shape index (κ3) is 7.10. The number of esters is 2. The van der Waals surface area contributed by atoms with Gasteiger partial charge in [0.05, 0.1) is 11.0 Å². The number of aliphatic hydroxyl groups is 2. The summed E-state index contributed by atoms with van der Waals surface area (Å²) in [5, 5.41) is 33.8. The summed E-state index contributed by atoms with van der Waals surface area (Å²) in [5.74, 6) is 0.472.